The molecule has 1 amide bonds. The van der Waals surface area contributed by atoms with Gasteiger partial charge in [-0.2, -0.15) is 0 Å². The molecule has 0 unspecified atom stereocenters. The SMILES string of the molecule is CNC(=O)c1cc(Oc2ccc(NS(=O)(=O)c3cccc(C)c3)c(F)c2)ccn1. The number of nitrogens with zero attached hydrogens (tertiary/aromatic N) is 1. The summed E-state index contributed by atoms with van der Waals surface area (Å²) in [6.07, 6.45) is 1.39. The predicted molar refractivity (Wildman–Crippen MR) is 106 cm³/mol. The third-order valence-corrected chi connectivity index (χ3v) is 5.27. The maximum atomic E-state index is 14.5. The van der Waals surface area contributed by atoms with Crippen LogP contribution in [0.25, 0.3) is 0 Å². The van der Waals surface area contributed by atoms with Gasteiger partial charge in [0.05, 0.1) is 10.6 Å². The molecule has 0 radical (unpaired) electrons. The molecule has 0 saturated carbocycles. The molecular weight excluding hydrogens is 397 g/mol. The van der Waals surface area contributed by atoms with Crippen LogP contribution in [0.1, 0.15) is 16.1 Å². The van der Waals surface area contributed by atoms with Crippen molar-refractivity contribution in [1.82, 2.24) is 10.3 Å². The minimum absolute atomic E-state index is 0.0377. The van der Waals surface area contributed by atoms with Crippen LogP contribution in [0.4, 0.5) is 10.1 Å². The monoisotopic (exact) mass is 415 g/mol. The Hall–Kier alpha value is -3.46. The van der Waals surface area contributed by atoms with Crippen LogP contribution in [-0.2, 0) is 10.0 Å². The normalized spacial score (nSPS) is 11.0. The molecule has 0 fully saturated rings. The summed E-state index contributed by atoms with van der Waals surface area (Å²) in [5.41, 5.74) is 0.707. The van der Waals surface area contributed by atoms with Gasteiger partial charge in [-0.15, -0.1) is 0 Å². The smallest absolute Gasteiger partial charge is 0.269 e. The third kappa shape index (κ3) is 4.88. The number of anilines is 1. The first kappa shape index (κ1) is 20.3. The number of aromatic nitrogens is 1. The van der Waals surface area contributed by atoms with Crippen molar-refractivity contribution in [1.29, 1.82) is 0 Å². The first-order chi connectivity index (χ1) is 13.8. The summed E-state index contributed by atoms with van der Waals surface area (Å²) < 4.78 is 47.1. The van der Waals surface area contributed by atoms with E-state index < -0.39 is 15.8 Å². The number of ether oxygens (including phenoxy) is 1. The minimum atomic E-state index is -3.93. The van der Waals surface area contributed by atoms with Gasteiger partial charge in [-0.25, -0.2) is 12.8 Å². The maximum absolute atomic E-state index is 14.5. The van der Waals surface area contributed by atoms with Crippen molar-refractivity contribution >= 4 is 21.6 Å². The van der Waals surface area contributed by atoms with Crippen LogP contribution in [0.2, 0.25) is 0 Å². The Bertz CT molecular complexity index is 1170. The molecule has 0 aliphatic carbocycles. The third-order valence-electron chi connectivity index (χ3n) is 3.91. The molecule has 0 spiro atoms. The van der Waals surface area contributed by atoms with Crippen molar-refractivity contribution in [2.45, 2.75) is 11.8 Å². The largest absolute Gasteiger partial charge is 0.457 e. The Morgan fingerprint density at radius 2 is 1.83 bits per heavy atom. The lowest BCUT2D eigenvalue weighted by atomic mass is 10.2. The number of rotatable bonds is 6. The Balaban J connectivity index is 1.80. The molecule has 3 aromatic rings. The van der Waals surface area contributed by atoms with E-state index in [2.05, 4.69) is 15.0 Å². The number of halogens is 1. The maximum Gasteiger partial charge on any atom is 0.269 e. The molecule has 7 nitrogen and oxygen atoms in total. The number of carbonyl (C=O) groups excluding carboxylic acids is 1. The number of pyridine rings is 1. The van der Waals surface area contributed by atoms with Crippen molar-refractivity contribution < 1.29 is 22.3 Å². The van der Waals surface area contributed by atoms with Gasteiger partial charge >= 0.3 is 0 Å². The molecule has 1 aromatic heterocycles. The highest BCUT2D eigenvalue weighted by Gasteiger charge is 2.17. The molecule has 2 aromatic carbocycles. The summed E-state index contributed by atoms with van der Waals surface area (Å²) in [6, 6.07) is 12.9. The quantitative estimate of drug-likeness (QED) is 0.642. The summed E-state index contributed by atoms with van der Waals surface area (Å²) in [5.74, 6) is -0.775. The second kappa shape index (κ2) is 8.27. The van der Waals surface area contributed by atoms with Gasteiger partial charge in [-0.3, -0.25) is 14.5 Å². The van der Waals surface area contributed by atoms with Gasteiger partial charge in [-0.05, 0) is 42.8 Å². The van der Waals surface area contributed by atoms with Crippen molar-refractivity contribution in [3.05, 3.63) is 77.9 Å². The number of amides is 1. The van der Waals surface area contributed by atoms with E-state index in [-0.39, 0.29) is 33.7 Å². The van der Waals surface area contributed by atoms with Crippen LogP contribution in [0, 0.1) is 12.7 Å². The average Bonchev–Trinajstić information content (AvgIpc) is 2.69. The molecule has 0 aliphatic rings. The molecule has 0 saturated heterocycles. The molecule has 150 valence electrons. The summed E-state index contributed by atoms with van der Waals surface area (Å²) in [5, 5.41) is 2.45. The fourth-order valence-corrected chi connectivity index (χ4v) is 3.66. The molecule has 29 heavy (non-hydrogen) atoms. The van der Waals surface area contributed by atoms with Crippen molar-refractivity contribution in [3.8, 4) is 11.5 Å². The van der Waals surface area contributed by atoms with Gasteiger partial charge < -0.3 is 10.1 Å². The molecule has 0 aliphatic heterocycles. The predicted octanol–water partition coefficient (Wildman–Crippen LogP) is 3.48. The van der Waals surface area contributed by atoms with E-state index in [0.29, 0.717) is 0 Å². The second-order valence-corrected chi connectivity index (χ2v) is 7.80. The van der Waals surface area contributed by atoms with E-state index in [1.165, 1.54) is 49.6 Å². The zero-order valence-corrected chi connectivity index (χ0v) is 16.5. The fourth-order valence-electron chi connectivity index (χ4n) is 2.49. The number of aryl methyl sites for hydroxylation is 1. The van der Waals surface area contributed by atoms with E-state index in [4.69, 9.17) is 4.74 Å². The molecule has 3 rings (SSSR count). The van der Waals surface area contributed by atoms with E-state index in [9.17, 15) is 17.6 Å². The van der Waals surface area contributed by atoms with Crippen LogP contribution < -0.4 is 14.8 Å². The Labute approximate surface area is 167 Å². The lowest BCUT2D eigenvalue weighted by Crippen LogP contribution is -2.18. The molecule has 0 atom stereocenters. The average molecular weight is 415 g/mol. The number of carbonyl (C=O) groups is 1. The van der Waals surface area contributed by atoms with Gasteiger partial charge in [0.2, 0.25) is 0 Å². The molecule has 0 bridgehead atoms. The Kier molecular flexibility index (Phi) is 5.79. The summed E-state index contributed by atoms with van der Waals surface area (Å²) in [4.78, 5) is 15.6. The molecule has 2 N–H and O–H groups in total. The van der Waals surface area contributed by atoms with Crippen molar-refractivity contribution in [3.63, 3.8) is 0 Å². The standard InChI is InChI=1S/C20H18FN3O4S/c1-13-4-3-5-16(10-13)29(26,27)24-18-7-6-14(11-17(18)21)28-15-8-9-23-19(12-15)20(25)22-2/h3-12,24H,1-2H3,(H,22,25). The fraction of sp³-hybridized carbons (Fsp3) is 0.100. The van der Waals surface area contributed by atoms with Crippen LogP contribution in [0.5, 0.6) is 11.5 Å². The van der Waals surface area contributed by atoms with E-state index >= 15 is 0 Å². The molecule has 1 heterocycles. The number of sulfonamides is 1. The van der Waals surface area contributed by atoms with E-state index in [1.807, 2.05) is 0 Å². The van der Waals surface area contributed by atoms with Crippen LogP contribution in [0.15, 0.2) is 65.7 Å². The Morgan fingerprint density at radius 3 is 2.52 bits per heavy atom. The van der Waals surface area contributed by atoms with Crippen LogP contribution >= 0.6 is 0 Å². The molecule has 9 heteroatoms. The first-order valence-electron chi connectivity index (χ1n) is 8.53. The number of nitrogens with one attached hydrogen (secondary N) is 2. The zero-order valence-electron chi connectivity index (χ0n) is 15.6. The number of benzene rings is 2. The first-order valence-corrected chi connectivity index (χ1v) is 10.0. The highest BCUT2D eigenvalue weighted by molar-refractivity contribution is 7.92. The number of hydrogen-bond donors (Lipinski definition) is 2. The van der Waals surface area contributed by atoms with Crippen LogP contribution in [-0.4, -0.2) is 26.4 Å². The minimum Gasteiger partial charge on any atom is -0.457 e. The topological polar surface area (TPSA) is 97.4 Å². The summed E-state index contributed by atoms with van der Waals surface area (Å²) >= 11 is 0. The lowest BCUT2D eigenvalue weighted by Gasteiger charge is -2.11. The molecular formula is C20H18FN3O4S. The zero-order chi connectivity index (χ0) is 21.0. The van der Waals surface area contributed by atoms with Gasteiger partial charge in [-0.1, -0.05) is 12.1 Å². The van der Waals surface area contributed by atoms with E-state index in [1.54, 1.807) is 19.1 Å². The lowest BCUT2D eigenvalue weighted by molar-refractivity contribution is 0.0958. The highest BCUT2D eigenvalue weighted by atomic mass is 32.2. The van der Waals surface area contributed by atoms with Crippen molar-refractivity contribution in [2.24, 2.45) is 0 Å². The summed E-state index contributed by atoms with van der Waals surface area (Å²) in [7, 11) is -2.46. The Morgan fingerprint density at radius 1 is 1.07 bits per heavy atom. The van der Waals surface area contributed by atoms with Gasteiger partial charge in [0.15, 0.2) is 5.82 Å². The van der Waals surface area contributed by atoms with Crippen molar-refractivity contribution in [2.75, 3.05) is 11.8 Å². The van der Waals surface area contributed by atoms with Gasteiger partial charge in [0.25, 0.3) is 15.9 Å². The highest BCUT2D eigenvalue weighted by Crippen LogP contribution is 2.27. The van der Waals surface area contributed by atoms with E-state index in [0.717, 1.165) is 11.6 Å². The number of hydrogen-bond acceptors (Lipinski definition) is 5. The van der Waals surface area contributed by atoms with Crippen LogP contribution in [0.3, 0.4) is 0 Å². The van der Waals surface area contributed by atoms with Gasteiger partial charge in [0.1, 0.15) is 17.2 Å². The summed E-state index contributed by atoms with van der Waals surface area (Å²) in [6.45, 7) is 1.76. The second-order valence-electron chi connectivity index (χ2n) is 6.12. The van der Waals surface area contributed by atoms with Gasteiger partial charge in [0, 0.05) is 25.4 Å².